The average molecular weight is 265 g/mol. The van der Waals surface area contributed by atoms with Crippen LogP contribution in [-0.2, 0) is 11.3 Å². The number of rotatable bonds is 3. The van der Waals surface area contributed by atoms with Crippen LogP contribution in [0.1, 0.15) is 23.1 Å². The molecule has 0 unspecified atom stereocenters. The van der Waals surface area contributed by atoms with E-state index in [1.165, 1.54) is 11.3 Å². The Bertz CT molecular complexity index is 697. The number of fused-ring (bicyclic) bond motifs is 1. The first-order valence-electron chi connectivity index (χ1n) is 5.15. The van der Waals surface area contributed by atoms with E-state index in [-0.39, 0.29) is 19.0 Å². The van der Waals surface area contributed by atoms with Gasteiger partial charge in [-0.3, -0.25) is 4.79 Å². The maximum Gasteiger partial charge on any atom is 0.374 e. The normalized spacial score (nSPS) is 10.2. The molecule has 18 heavy (non-hydrogen) atoms. The van der Waals surface area contributed by atoms with Gasteiger partial charge in [0.05, 0.1) is 17.6 Å². The van der Waals surface area contributed by atoms with Crippen molar-refractivity contribution in [2.75, 3.05) is 6.61 Å². The van der Waals surface area contributed by atoms with Gasteiger partial charge in [-0.25, -0.2) is 9.78 Å². The molecule has 0 spiro atoms. The van der Waals surface area contributed by atoms with Gasteiger partial charge in [0.2, 0.25) is 11.2 Å². The lowest BCUT2D eigenvalue weighted by Crippen LogP contribution is -2.17. The predicted octanol–water partition coefficient (Wildman–Crippen LogP) is 1.51. The van der Waals surface area contributed by atoms with Crippen LogP contribution in [0.5, 0.6) is 0 Å². The Kier molecular flexibility index (Phi) is 3.34. The number of diazo groups is 1. The van der Waals surface area contributed by atoms with Crippen molar-refractivity contribution in [1.82, 2.24) is 9.97 Å². The standard InChI is InChI=1S/C10H8N4O3S/c1-2-17-10(16)7-13-8(15)6-5(3-12-11)4-18-9(6)14-7/h4H,2-3H2,1H3/p+1. The van der Waals surface area contributed by atoms with Gasteiger partial charge in [-0.15, -0.1) is 11.3 Å². The maximum atomic E-state index is 11.8. The van der Waals surface area contributed by atoms with Gasteiger partial charge < -0.3 is 9.72 Å². The molecule has 0 saturated carbocycles. The summed E-state index contributed by atoms with van der Waals surface area (Å²) in [6.07, 6.45) is 0. The molecular weight excluding hydrogens is 256 g/mol. The van der Waals surface area contributed by atoms with Gasteiger partial charge >= 0.3 is 12.5 Å². The molecule has 0 aliphatic heterocycles. The molecule has 0 atom stereocenters. The van der Waals surface area contributed by atoms with Gasteiger partial charge in [-0.2, -0.15) is 0 Å². The van der Waals surface area contributed by atoms with E-state index in [2.05, 4.69) is 14.9 Å². The van der Waals surface area contributed by atoms with Crippen LogP contribution in [0.4, 0.5) is 0 Å². The Labute approximate surface area is 105 Å². The Hall–Kier alpha value is -2.27. The van der Waals surface area contributed by atoms with Crippen molar-refractivity contribution in [2.45, 2.75) is 13.5 Å². The molecule has 0 aromatic carbocycles. The SMILES string of the molecule is CCOC(=O)c1nc2scc(C[N+]#N)c2c(=O)[nH]1. The van der Waals surface area contributed by atoms with Gasteiger partial charge in [-0.1, -0.05) is 0 Å². The van der Waals surface area contributed by atoms with E-state index in [0.29, 0.717) is 15.8 Å². The van der Waals surface area contributed by atoms with Gasteiger partial charge in [0.25, 0.3) is 5.56 Å². The zero-order chi connectivity index (χ0) is 13.1. The molecule has 0 fully saturated rings. The molecule has 2 heterocycles. The van der Waals surface area contributed by atoms with Crippen molar-refractivity contribution >= 4 is 27.5 Å². The molecule has 7 nitrogen and oxygen atoms in total. The lowest BCUT2D eigenvalue weighted by Gasteiger charge is -2.00. The number of carbonyl (C=O) groups excluding carboxylic acids is 1. The fourth-order valence-corrected chi connectivity index (χ4v) is 2.43. The molecule has 2 rings (SSSR count). The zero-order valence-corrected chi connectivity index (χ0v) is 10.3. The minimum absolute atomic E-state index is 0.0174. The maximum absolute atomic E-state index is 11.8. The summed E-state index contributed by atoms with van der Waals surface area (Å²) in [5.41, 5.74) is 0.129. The molecule has 2 aromatic heterocycles. The smallest absolute Gasteiger partial charge is 0.374 e. The summed E-state index contributed by atoms with van der Waals surface area (Å²) in [4.78, 5) is 33.1. The summed E-state index contributed by atoms with van der Waals surface area (Å²) in [6.45, 7) is 1.89. The highest BCUT2D eigenvalue weighted by Gasteiger charge is 2.18. The predicted molar refractivity (Wildman–Crippen MR) is 65.0 cm³/mol. The molecule has 8 heteroatoms. The van der Waals surface area contributed by atoms with Crippen molar-refractivity contribution in [1.29, 1.82) is 5.39 Å². The first-order chi connectivity index (χ1) is 8.67. The van der Waals surface area contributed by atoms with Gasteiger partial charge in [0.1, 0.15) is 9.81 Å². The summed E-state index contributed by atoms with van der Waals surface area (Å²) in [5, 5.41) is 10.5. The number of ether oxygens (including phenoxy) is 1. The third-order valence-electron chi connectivity index (χ3n) is 2.23. The van der Waals surface area contributed by atoms with Crippen LogP contribution in [-0.4, -0.2) is 22.5 Å². The van der Waals surface area contributed by atoms with Crippen molar-refractivity contribution in [3.05, 3.63) is 32.1 Å². The fourth-order valence-electron chi connectivity index (χ4n) is 1.50. The number of H-pyrrole nitrogens is 1. The number of esters is 1. The van der Waals surface area contributed by atoms with Crippen molar-refractivity contribution in [3.63, 3.8) is 0 Å². The number of hydrogen-bond acceptors (Lipinski definition) is 6. The van der Waals surface area contributed by atoms with Gasteiger partial charge in [0, 0.05) is 5.38 Å². The third kappa shape index (κ3) is 2.08. The van der Waals surface area contributed by atoms with Crippen molar-refractivity contribution in [2.24, 2.45) is 0 Å². The minimum Gasteiger partial charge on any atom is -0.460 e. The number of aromatic amines is 1. The molecule has 0 amide bonds. The largest absolute Gasteiger partial charge is 0.460 e. The summed E-state index contributed by atoms with van der Waals surface area (Å²) in [5.74, 6) is -0.790. The summed E-state index contributed by atoms with van der Waals surface area (Å²) >= 11 is 1.21. The molecule has 1 N–H and O–H groups in total. The zero-order valence-electron chi connectivity index (χ0n) is 9.47. The van der Waals surface area contributed by atoms with E-state index in [1.54, 1.807) is 12.3 Å². The number of aromatic nitrogens is 2. The number of nitrogens with one attached hydrogen (secondary N) is 1. The number of carbonyl (C=O) groups is 1. The molecule has 0 radical (unpaired) electrons. The quantitative estimate of drug-likeness (QED) is 0.669. The Morgan fingerprint density at radius 3 is 3.11 bits per heavy atom. The van der Waals surface area contributed by atoms with Crippen LogP contribution in [0.2, 0.25) is 0 Å². The van der Waals surface area contributed by atoms with Crippen LogP contribution in [0, 0.1) is 5.39 Å². The fraction of sp³-hybridized carbons (Fsp3) is 0.300. The van der Waals surface area contributed by atoms with Crippen LogP contribution in [0.25, 0.3) is 15.2 Å². The van der Waals surface area contributed by atoms with E-state index in [4.69, 9.17) is 10.1 Å². The lowest BCUT2D eigenvalue weighted by atomic mass is 10.2. The van der Waals surface area contributed by atoms with Crippen LogP contribution < -0.4 is 5.56 Å². The molecule has 0 saturated heterocycles. The Balaban J connectivity index is 2.56. The topological polar surface area (TPSA) is 100 Å². The summed E-state index contributed by atoms with van der Waals surface area (Å²) in [6, 6.07) is 0. The molecule has 2 aromatic rings. The first-order valence-corrected chi connectivity index (χ1v) is 6.03. The van der Waals surface area contributed by atoms with Crippen molar-refractivity contribution < 1.29 is 9.53 Å². The highest BCUT2D eigenvalue weighted by Crippen LogP contribution is 2.21. The second kappa shape index (κ2) is 4.93. The highest BCUT2D eigenvalue weighted by molar-refractivity contribution is 7.16. The second-order valence-corrected chi connectivity index (χ2v) is 4.23. The monoisotopic (exact) mass is 265 g/mol. The van der Waals surface area contributed by atoms with Gasteiger partial charge in [-0.05, 0) is 6.92 Å². The van der Waals surface area contributed by atoms with Crippen LogP contribution in [0.15, 0.2) is 10.2 Å². The third-order valence-corrected chi connectivity index (χ3v) is 3.15. The van der Waals surface area contributed by atoms with Crippen LogP contribution >= 0.6 is 11.3 Å². The Morgan fingerprint density at radius 2 is 2.44 bits per heavy atom. The minimum atomic E-state index is -0.668. The number of hydrogen-bond donors (Lipinski definition) is 1. The second-order valence-electron chi connectivity index (χ2n) is 3.38. The van der Waals surface area contributed by atoms with E-state index in [1.807, 2.05) is 0 Å². The lowest BCUT2D eigenvalue weighted by molar-refractivity contribution is 0.0512. The Morgan fingerprint density at radius 1 is 1.67 bits per heavy atom. The number of thiophene rings is 1. The molecule has 0 bridgehead atoms. The highest BCUT2D eigenvalue weighted by atomic mass is 32.1. The van der Waals surface area contributed by atoms with E-state index < -0.39 is 11.5 Å². The van der Waals surface area contributed by atoms with Crippen molar-refractivity contribution in [3.8, 4) is 0 Å². The summed E-state index contributed by atoms with van der Waals surface area (Å²) in [7, 11) is 0. The van der Waals surface area contributed by atoms with E-state index in [0.717, 1.165) is 0 Å². The molecule has 0 aliphatic carbocycles. The summed E-state index contributed by atoms with van der Waals surface area (Å²) < 4.78 is 4.76. The van der Waals surface area contributed by atoms with E-state index in [9.17, 15) is 9.59 Å². The molecule has 0 aliphatic rings. The van der Waals surface area contributed by atoms with E-state index >= 15 is 0 Å². The number of nitrogens with zero attached hydrogens (tertiary/aromatic N) is 3. The van der Waals surface area contributed by atoms with Crippen LogP contribution in [0.3, 0.4) is 0 Å². The average Bonchev–Trinajstić information content (AvgIpc) is 2.74. The molecule has 92 valence electrons. The van der Waals surface area contributed by atoms with Gasteiger partial charge in [0.15, 0.2) is 0 Å². The first kappa shape index (κ1) is 12.2. The molecular formula is C10H9N4O3S+.